The number of hydrazine groups is 1. The number of alkyl halides is 3. The Kier molecular flexibility index (Phi) is 3.64. The van der Waals surface area contributed by atoms with Gasteiger partial charge in [0.2, 0.25) is 0 Å². The average molecular weight is 285 g/mol. The lowest BCUT2D eigenvalue weighted by atomic mass is 10.2. The lowest BCUT2D eigenvalue weighted by Crippen LogP contribution is -2.29. The number of nitrogens with zero attached hydrogens (tertiary/aromatic N) is 1. The first-order valence-electron chi connectivity index (χ1n) is 5.53. The van der Waals surface area contributed by atoms with Gasteiger partial charge in [-0.1, -0.05) is 5.16 Å². The second-order valence-electron chi connectivity index (χ2n) is 3.95. The van der Waals surface area contributed by atoms with E-state index >= 15 is 0 Å². The summed E-state index contributed by atoms with van der Waals surface area (Å²) in [5.41, 5.74) is 4.63. The quantitative estimate of drug-likeness (QED) is 0.851. The highest BCUT2D eigenvalue weighted by molar-refractivity contribution is 5.95. The molecule has 1 aromatic heterocycles. The molecule has 0 saturated carbocycles. The summed E-state index contributed by atoms with van der Waals surface area (Å²) in [7, 11) is 0. The number of benzene rings is 1. The van der Waals surface area contributed by atoms with Crippen molar-refractivity contribution >= 4 is 11.6 Å². The zero-order valence-corrected chi connectivity index (χ0v) is 10.3. The fourth-order valence-corrected chi connectivity index (χ4v) is 1.46. The minimum Gasteiger partial charge on any atom is -0.361 e. The first-order valence-corrected chi connectivity index (χ1v) is 5.53. The largest absolute Gasteiger partial charge is 0.416 e. The smallest absolute Gasteiger partial charge is 0.361 e. The topological polar surface area (TPSA) is 67.2 Å². The SMILES string of the molecule is Cc1oncc1C(=O)NNc1ccc(C(F)(F)F)cc1. The Morgan fingerprint density at radius 3 is 2.40 bits per heavy atom. The standard InChI is InChI=1S/C12H10F3N3O2/c1-7-10(6-16-20-7)11(19)18-17-9-4-2-8(3-5-9)12(13,14)15/h2-6,17H,1H3,(H,18,19). The van der Waals surface area contributed by atoms with Crippen LogP contribution in [0, 0.1) is 6.92 Å². The van der Waals surface area contributed by atoms with Crippen LogP contribution in [0.1, 0.15) is 21.7 Å². The maximum atomic E-state index is 12.4. The van der Waals surface area contributed by atoms with Crippen LogP contribution >= 0.6 is 0 Å². The van der Waals surface area contributed by atoms with E-state index in [0.717, 1.165) is 12.1 Å². The predicted octanol–water partition coefficient (Wildman–Crippen LogP) is 2.76. The Hall–Kier alpha value is -2.51. The van der Waals surface area contributed by atoms with Crippen molar-refractivity contribution in [3.63, 3.8) is 0 Å². The molecule has 1 heterocycles. The van der Waals surface area contributed by atoms with Crippen LogP contribution < -0.4 is 10.9 Å². The first kappa shape index (κ1) is 13.9. The molecule has 0 aliphatic carbocycles. The van der Waals surface area contributed by atoms with Gasteiger partial charge in [-0.25, -0.2) is 0 Å². The van der Waals surface area contributed by atoms with Crippen LogP contribution in [0.25, 0.3) is 0 Å². The Morgan fingerprint density at radius 2 is 1.90 bits per heavy atom. The third kappa shape index (κ3) is 3.08. The van der Waals surface area contributed by atoms with E-state index in [0.29, 0.717) is 11.4 Å². The third-order valence-corrected chi connectivity index (χ3v) is 2.53. The maximum absolute atomic E-state index is 12.4. The van der Waals surface area contributed by atoms with Crippen molar-refractivity contribution in [3.05, 3.63) is 47.3 Å². The number of nitrogens with one attached hydrogen (secondary N) is 2. The van der Waals surface area contributed by atoms with E-state index in [-0.39, 0.29) is 5.56 Å². The molecule has 20 heavy (non-hydrogen) atoms. The van der Waals surface area contributed by atoms with Crippen molar-refractivity contribution in [1.82, 2.24) is 10.6 Å². The molecule has 1 aromatic carbocycles. The van der Waals surface area contributed by atoms with Crippen molar-refractivity contribution < 1.29 is 22.5 Å². The minimum absolute atomic E-state index is 0.240. The molecular formula is C12H10F3N3O2. The molecule has 2 rings (SSSR count). The van der Waals surface area contributed by atoms with Crippen LogP contribution in [0.5, 0.6) is 0 Å². The zero-order valence-electron chi connectivity index (χ0n) is 10.3. The minimum atomic E-state index is -4.39. The van der Waals surface area contributed by atoms with Gasteiger partial charge in [-0.05, 0) is 31.2 Å². The zero-order chi connectivity index (χ0) is 14.8. The Morgan fingerprint density at radius 1 is 1.25 bits per heavy atom. The number of aromatic nitrogens is 1. The highest BCUT2D eigenvalue weighted by atomic mass is 19.4. The highest BCUT2D eigenvalue weighted by Gasteiger charge is 2.29. The Labute approximate surface area is 111 Å². The highest BCUT2D eigenvalue weighted by Crippen LogP contribution is 2.29. The second kappa shape index (κ2) is 5.24. The van der Waals surface area contributed by atoms with Gasteiger partial charge in [0.1, 0.15) is 11.3 Å². The van der Waals surface area contributed by atoms with Gasteiger partial charge in [-0.2, -0.15) is 13.2 Å². The van der Waals surface area contributed by atoms with Crippen LogP contribution in [0.2, 0.25) is 0 Å². The van der Waals surface area contributed by atoms with Crippen LogP contribution in [-0.2, 0) is 6.18 Å². The van der Waals surface area contributed by atoms with E-state index in [9.17, 15) is 18.0 Å². The molecule has 0 aliphatic rings. The average Bonchev–Trinajstić information content (AvgIpc) is 2.82. The number of carbonyl (C=O) groups excluding carboxylic acids is 1. The van der Waals surface area contributed by atoms with Crippen molar-refractivity contribution in [2.75, 3.05) is 5.43 Å². The molecule has 0 fully saturated rings. The number of carbonyl (C=O) groups is 1. The first-order chi connectivity index (χ1) is 9.38. The number of hydrogen-bond donors (Lipinski definition) is 2. The number of amides is 1. The second-order valence-corrected chi connectivity index (χ2v) is 3.95. The molecule has 2 N–H and O–H groups in total. The number of aryl methyl sites for hydroxylation is 1. The summed E-state index contributed by atoms with van der Waals surface area (Å²) < 4.78 is 41.8. The van der Waals surface area contributed by atoms with Crippen LogP contribution in [0.4, 0.5) is 18.9 Å². The molecule has 0 atom stereocenters. The van der Waals surface area contributed by atoms with Crippen molar-refractivity contribution in [1.29, 1.82) is 0 Å². The molecule has 106 valence electrons. The van der Waals surface area contributed by atoms with E-state index in [4.69, 9.17) is 4.52 Å². The normalized spacial score (nSPS) is 11.2. The summed E-state index contributed by atoms with van der Waals surface area (Å²) in [6.07, 6.45) is -3.14. The molecule has 8 heteroatoms. The van der Waals surface area contributed by atoms with E-state index in [2.05, 4.69) is 16.0 Å². The van der Waals surface area contributed by atoms with E-state index < -0.39 is 17.6 Å². The van der Waals surface area contributed by atoms with Gasteiger partial charge >= 0.3 is 6.18 Å². The van der Waals surface area contributed by atoms with Crippen LogP contribution in [0.15, 0.2) is 35.0 Å². The molecule has 0 unspecified atom stereocenters. The number of halogens is 3. The van der Waals surface area contributed by atoms with E-state index in [1.165, 1.54) is 18.3 Å². The summed E-state index contributed by atoms with van der Waals surface area (Å²) in [6, 6.07) is 4.26. The Balaban J connectivity index is 1.98. The molecule has 0 radical (unpaired) electrons. The maximum Gasteiger partial charge on any atom is 0.416 e. The monoisotopic (exact) mass is 285 g/mol. The third-order valence-electron chi connectivity index (χ3n) is 2.53. The lowest BCUT2D eigenvalue weighted by Gasteiger charge is -2.10. The Bertz CT molecular complexity index is 605. The van der Waals surface area contributed by atoms with Gasteiger partial charge in [0, 0.05) is 0 Å². The van der Waals surface area contributed by atoms with Gasteiger partial charge in [0.05, 0.1) is 17.4 Å². The molecule has 5 nitrogen and oxygen atoms in total. The summed E-state index contributed by atoms with van der Waals surface area (Å²) in [4.78, 5) is 11.7. The molecule has 0 bridgehead atoms. The molecule has 0 aliphatic heterocycles. The van der Waals surface area contributed by atoms with Gasteiger partial charge in [-0.15, -0.1) is 0 Å². The molecule has 1 amide bonds. The predicted molar refractivity (Wildman–Crippen MR) is 63.8 cm³/mol. The fraction of sp³-hybridized carbons (Fsp3) is 0.167. The number of rotatable bonds is 3. The van der Waals surface area contributed by atoms with Crippen molar-refractivity contribution in [2.24, 2.45) is 0 Å². The molecule has 0 spiro atoms. The van der Waals surface area contributed by atoms with Gasteiger partial charge < -0.3 is 4.52 Å². The summed E-state index contributed by atoms with van der Waals surface area (Å²) in [5, 5.41) is 3.45. The number of anilines is 1. The van der Waals surface area contributed by atoms with Crippen molar-refractivity contribution in [3.8, 4) is 0 Å². The lowest BCUT2D eigenvalue weighted by molar-refractivity contribution is -0.137. The summed E-state index contributed by atoms with van der Waals surface area (Å²) in [6.45, 7) is 1.57. The van der Waals surface area contributed by atoms with Gasteiger partial charge in [0.25, 0.3) is 5.91 Å². The molecular weight excluding hydrogens is 275 g/mol. The number of hydrogen-bond acceptors (Lipinski definition) is 4. The molecule has 2 aromatic rings. The van der Waals surface area contributed by atoms with E-state index in [1.54, 1.807) is 6.92 Å². The van der Waals surface area contributed by atoms with Gasteiger partial charge in [0.15, 0.2) is 0 Å². The fourth-order valence-electron chi connectivity index (χ4n) is 1.46. The van der Waals surface area contributed by atoms with Crippen molar-refractivity contribution in [2.45, 2.75) is 13.1 Å². The molecule has 0 saturated heterocycles. The van der Waals surface area contributed by atoms with E-state index in [1.807, 2.05) is 0 Å². The van der Waals surface area contributed by atoms with Crippen LogP contribution in [-0.4, -0.2) is 11.1 Å². The summed E-state index contributed by atoms with van der Waals surface area (Å²) in [5.74, 6) is -0.152. The summed E-state index contributed by atoms with van der Waals surface area (Å²) >= 11 is 0. The van der Waals surface area contributed by atoms with Crippen LogP contribution in [0.3, 0.4) is 0 Å². The van der Waals surface area contributed by atoms with Gasteiger partial charge in [-0.3, -0.25) is 15.6 Å².